The van der Waals surface area contributed by atoms with Gasteiger partial charge in [0.25, 0.3) is 0 Å². The Hall–Kier alpha value is -1.32. The zero-order chi connectivity index (χ0) is 11.2. The quantitative estimate of drug-likeness (QED) is 0.778. The highest BCUT2D eigenvalue weighted by Crippen LogP contribution is 2.10. The summed E-state index contributed by atoms with van der Waals surface area (Å²) in [7, 11) is 0. The van der Waals surface area contributed by atoms with Gasteiger partial charge in [-0.2, -0.15) is 0 Å². The van der Waals surface area contributed by atoms with Crippen LogP contribution in [0.2, 0.25) is 0 Å². The van der Waals surface area contributed by atoms with Crippen LogP contribution < -0.4 is 5.32 Å². The summed E-state index contributed by atoms with van der Waals surface area (Å²) in [6.45, 7) is 1.90. The lowest BCUT2D eigenvalue weighted by atomic mass is 10.1. The van der Waals surface area contributed by atoms with Crippen molar-refractivity contribution in [1.29, 1.82) is 0 Å². The predicted molar refractivity (Wildman–Crippen MR) is 67.8 cm³/mol. The molecule has 0 saturated heterocycles. The molecule has 1 heterocycles. The second-order valence-corrected chi connectivity index (χ2v) is 4.70. The highest BCUT2D eigenvalue weighted by atomic mass is 32.1. The van der Waals surface area contributed by atoms with Crippen molar-refractivity contribution >= 4 is 11.3 Å². The van der Waals surface area contributed by atoms with Gasteiger partial charge in [0.05, 0.1) is 0 Å². The van der Waals surface area contributed by atoms with Gasteiger partial charge in [-0.05, 0) is 42.1 Å². The summed E-state index contributed by atoms with van der Waals surface area (Å²) in [5.74, 6) is 0.329. The van der Waals surface area contributed by atoms with Crippen molar-refractivity contribution in [3.8, 4) is 5.75 Å². The molecule has 2 nitrogen and oxygen atoms in total. The topological polar surface area (TPSA) is 32.3 Å². The van der Waals surface area contributed by atoms with Crippen LogP contribution in [0.4, 0.5) is 0 Å². The zero-order valence-corrected chi connectivity index (χ0v) is 9.83. The van der Waals surface area contributed by atoms with Crippen molar-refractivity contribution in [2.75, 3.05) is 6.54 Å². The van der Waals surface area contributed by atoms with Gasteiger partial charge >= 0.3 is 0 Å². The maximum absolute atomic E-state index is 9.14. The van der Waals surface area contributed by atoms with E-state index in [1.54, 1.807) is 23.5 Å². The van der Waals surface area contributed by atoms with Crippen molar-refractivity contribution in [1.82, 2.24) is 5.32 Å². The van der Waals surface area contributed by atoms with E-state index in [-0.39, 0.29) is 0 Å². The number of phenolic OH excluding ortho intramolecular Hbond substituents is 1. The van der Waals surface area contributed by atoms with E-state index in [0.717, 1.165) is 19.5 Å². The summed E-state index contributed by atoms with van der Waals surface area (Å²) >= 11 is 1.78. The second kappa shape index (κ2) is 5.68. The number of phenols is 1. The maximum Gasteiger partial charge on any atom is 0.115 e. The van der Waals surface area contributed by atoms with Crippen molar-refractivity contribution in [3.05, 3.63) is 52.2 Å². The fourth-order valence-corrected chi connectivity index (χ4v) is 2.19. The number of nitrogens with one attached hydrogen (secondary N) is 1. The lowest BCUT2D eigenvalue weighted by molar-refractivity contribution is 0.475. The maximum atomic E-state index is 9.14. The Morgan fingerprint density at radius 2 is 1.94 bits per heavy atom. The third kappa shape index (κ3) is 3.36. The Balaban J connectivity index is 1.70. The molecular formula is C13H15NOS. The van der Waals surface area contributed by atoms with Crippen molar-refractivity contribution in [2.24, 2.45) is 0 Å². The van der Waals surface area contributed by atoms with Crippen LogP contribution in [0.15, 0.2) is 41.8 Å². The highest BCUT2D eigenvalue weighted by molar-refractivity contribution is 7.09. The third-order valence-electron chi connectivity index (χ3n) is 2.41. The van der Waals surface area contributed by atoms with Gasteiger partial charge < -0.3 is 10.4 Å². The van der Waals surface area contributed by atoms with E-state index in [1.807, 2.05) is 12.1 Å². The van der Waals surface area contributed by atoms with Crippen LogP contribution >= 0.6 is 11.3 Å². The molecule has 2 aromatic rings. The first-order valence-electron chi connectivity index (χ1n) is 5.35. The number of hydrogen-bond donors (Lipinski definition) is 2. The SMILES string of the molecule is Oc1ccc(CCNCc2cccs2)cc1. The Bertz CT molecular complexity index is 408. The van der Waals surface area contributed by atoms with Crippen molar-refractivity contribution in [3.63, 3.8) is 0 Å². The first kappa shape index (κ1) is 11.2. The minimum Gasteiger partial charge on any atom is -0.508 e. The molecule has 0 bridgehead atoms. The minimum atomic E-state index is 0.329. The molecule has 16 heavy (non-hydrogen) atoms. The molecule has 0 radical (unpaired) electrons. The zero-order valence-electron chi connectivity index (χ0n) is 9.02. The van der Waals surface area contributed by atoms with Crippen LogP contribution in [0.1, 0.15) is 10.4 Å². The molecule has 0 spiro atoms. The largest absolute Gasteiger partial charge is 0.508 e. The fourth-order valence-electron chi connectivity index (χ4n) is 1.52. The molecule has 1 aromatic heterocycles. The summed E-state index contributed by atoms with van der Waals surface area (Å²) in [6.07, 6.45) is 0.992. The third-order valence-corrected chi connectivity index (χ3v) is 3.28. The number of rotatable bonds is 5. The van der Waals surface area contributed by atoms with E-state index in [0.29, 0.717) is 5.75 Å². The van der Waals surface area contributed by atoms with Crippen LogP contribution in [-0.4, -0.2) is 11.7 Å². The van der Waals surface area contributed by atoms with E-state index in [9.17, 15) is 0 Å². The fraction of sp³-hybridized carbons (Fsp3) is 0.231. The molecule has 1 aromatic carbocycles. The molecule has 2 rings (SSSR count). The molecule has 0 aliphatic heterocycles. The standard InChI is InChI=1S/C13H15NOS/c15-12-5-3-11(4-6-12)7-8-14-10-13-2-1-9-16-13/h1-6,9,14-15H,7-8,10H2. The molecule has 84 valence electrons. The molecule has 0 fully saturated rings. The Morgan fingerprint density at radius 1 is 1.12 bits per heavy atom. The van der Waals surface area contributed by atoms with Gasteiger partial charge in [0.1, 0.15) is 5.75 Å². The van der Waals surface area contributed by atoms with Gasteiger partial charge in [-0.1, -0.05) is 18.2 Å². The normalized spacial score (nSPS) is 10.5. The predicted octanol–water partition coefficient (Wildman–Crippen LogP) is 2.79. The van der Waals surface area contributed by atoms with E-state index < -0.39 is 0 Å². The summed E-state index contributed by atoms with van der Waals surface area (Å²) < 4.78 is 0. The average molecular weight is 233 g/mol. The molecule has 0 unspecified atom stereocenters. The number of thiophene rings is 1. The number of benzene rings is 1. The molecule has 0 atom stereocenters. The second-order valence-electron chi connectivity index (χ2n) is 3.67. The first-order valence-corrected chi connectivity index (χ1v) is 6.23. The average Bonchev–Trinajstić information content (AvgIpc) is 2.80. The molecule has 2 N–H and O–H groups in total. The van der Waals surface area contributed by atoms with Crippen LogP contribution in [0.25, 0.3) is 0 Å². The van der Waals surface area contributed by atoms with Crippen LogP contribution in [-0.2, 0) is 13.0 Å². The Labute approximate surface area is 99.6 Å². The monoisotopic (exact) mass is 233 g/mol. The molecule has 0 amide bonds. The smallest absolute Gasteiger partial charge is 0.115 e. The van der Waals surface area contributed by atoms with Gasteiger partial charge in [0.15, 0.2) is 0 Å². The number of aromatic hydroxyl groups is 1. The summed E-state index contributed by atoms with van der Waals surface area (Å²) in [5.41, 5.74) is 1.25. The van der Waals surface area contributed by atoms with Gasteiger partial charge in [-0.25, -0.2) is 0 Å². The van der Waals surface area contributed by atoms with Gasteiger partial charge in [-0.15, -0.1) is 11.3 Å². The van der Waals surface area contributed by atoms with Crippen LogP contribution in [0, 0.1) is 0 Å². The number of hydrogen-bond acceptors (Lipinski definition) is 3. The summed E-state index contributed by atoms with van der Waals surface area (Å²) in [6, 6.07) is 11.6. The van der Waals surface area contributed by atoms with Gasteiger partial charge in [-0.3, -0.25) is 0 Å². The minimum absolute atomic E-state index is 0.329. The Kier molecular flexibility index (Phi) is 3.97. The first-order chi connectivity index (χ1) is 7.84. The molecule has 0 aliphatic rings. The van der Waals surface area contributed by atoms with Gasteiger partial charge in [0, 0.05) is 11.4 Å². The van der Waals surface area contributed by atoms with E-state index in [1.165, 1.54) is 10.4 Å². The molecular weight excluding hydrogens is 218 g/mol. The van der Waals surface area contributed by atoms with Crippen molar-refractivity contribution in [2.45, 2.75) is 13.0 Å². The molecule has 3 heteroatoms. The molecule has 0 saturated carbocycles. The van der Waals surface area contributed by atoms with E-state index in [4.69, 9.17) is 5.11 Å². The van der Waals surface area contributed by atoms with Crippen molar-refractivity contribution < 1.29 is 5.11 Å². The lowest BCUT2D eigenvalue weighted by Gasteiger charge is -2.03. The van der Waals surface area contributed by atoms with Crippen LogP contribution in [0.5, 0.6) is 5.75 Å². The van der Waals surface area contributed by atoms with Gasteiger partial charge in [0.2, 0.25) is 0 Å². The molecule has 0 aliphatic carbocycles. The lowest BCUT2D eigenvalue weighted by Crippen LogP contribution is -2.15. The summed E-state index contributed by atoms with van der Waals surface area (Å²) in [4.78, 5) is 1.37. The van der Waals surface area contributed by atoms with E-state index in [2.05, 4.69) is 22.8 Å². The highest BCUT2D eigenvalue weighted by Gasteiger charge is 1.95. The Morgan fingerprint density at radius 3 is 2.62 bits per heavy atom. The summed E-state index contributed by atoms with van der Waals surface area (Å²) in [5, 5.41) is 14.6. The van der Waals surface area contributed by atoms with E-state index >= 15 is 0 Å². The van der Waals surface area contributed by atoms with Crippen LogP contribution in [0.3, 0.4) is 0 Å².